The molecule has 4 nitrogen and oxygen atoms in total. The summed E-state index contributed by atoms with van der Waals surface area (Å²) in [6, 6.07) is 20.6. The Morgan fingerprint density at radius 2 is 1.73 bits per heavy atom. The van der Waals surface area contributed by atoms with Crippen LogP contribution in [0.4, 0.5) is 0 Å². The van der Waals surface area contributed by atoms with Gasteiger partial charge in [-0.1, -0.05) is 30.3 Å². The van der Waals surface area contributed by atoms with Crippen molar-refractivity contribution in [2.24, 2.45) is 0 Å². The van der Waals surface area contributed by atoms with Crippen LogP contribution in [0.2, 0.25) is 0 Å². The number of hydrogen-bond donors (Lipinski definition) is 1. The summed E-state index contributed by atoms with van der Waals surface area (Å²) in [4.78, 5) is 16.8. The first-order chi connectivity index (χ1) is 12.8. The van der Waals surface area contributed by atoms with Crippen LogP contribution in [0.1, 0.15) is 16.8 Å². The molecule has 128 valence electrons. The van der Waals surface area contributed by atoms with Gasteiger partial charge < -0.3 is 10.1 Å². The average Bonchev–Trinajstić information content (AvgIpc) is 2.69. The Bertz CT molecular complexity index is 1030. The monoisotopic (exact) mass is 342 g/mol. The minimum absolute atomic E-state index is 0.0508. The predicted octanol–water partition coefficient (Wildman–Crippen LogP) is 2.64. The van der Waals surface area contributed by atoms with Crippen molar-refractivity contribution in [3.63, 3.8) is 0 Å². The molecule has 1 atom stereocenters. The molecule has 4 heteroatoms. The largest absolute Gasteiger partial charge is 0.457 e. The van der Waals surface area contributed by atoms with Crippen molar-refractivity contribution >= 4 is 18.1 Å². The summed E-state index contributed by atoms with van der Waals surface area (Å²) in [5.74, 6) is 1.36. The molecule has 0 saturated carbocycles. The number of fused-ring (bicyclic) bond motifs is 1. The molecule has 0 radical (unpaired) electrons. The molecule has 3 aromatic rings. The van der Waals surface area contributed by atoms with Gasteiger partial charge in [-0.05, 0) is 60.2 Å². The fourth-order valence-corrected chi connectivity index (χ4v) is 2.91. The minimum Gasteiger partial charge on any atom is -0.457 e. The Morgan fingerprint density at radius 1 is 0.962 bits per heavy atom. The summed E-state index contributed by atoms with van der Waals surface area (Å²) >= 11 is 0. The Labute approximate surface area is 151 Å². The molecule has 2 aromatic carbocycles. The normalized spacial score (nSPS) is 15.2. The van der Waals surface area contributed by atoms with Crippen molar-refractivity contribution in [2.75, 3.05) is 0 Å². The number of nitrogens with zero attached hydrogens (tertiary/aromatic N) is 1. The fraction of sp³-hybridized carbons (Fsp3) is 0.0909. The molecule has 1 aromatic heterocycles. The van der Waals surface area contributed by atoms with E-state index in [9.17, 15) is 4.79 Å². The molecule has 4 rings (SSSR count). The molecule has 1 aliphatic rings. The van der Waals surface area contributed by atoms with Gasteiger partial charge >= 0.3 is 0 Å². The lowest BCUT2D eigenvalue weighted by molar-refractivity contribution is 0.0947. The summed E-state index contributed by atoms with van der Waals surface area (Å²) < 4.78 is 5.75. The lowest BCUT2D eigenvalue weighted by Crippen LogP contribution is -2.40. The van der Waals surface area contributed by atoms with Crippen molar-refractivity contribution in [2.45, 2.75) is 12.5 Å². The maximum absolute atomic E-state index is 12.5. The van der Waals surface area contributed by atoms with E-state index >= 15 is 0 Å². The van der Waals surface area contributed by atoms with Crippen LogP contribution >= 0.6 is 0 Å². The Morgan fingerprint density at radius 3 is 2.54 bits per heavy atom. The van der Waals surface area contributed by atoms with Gasteiger partial charge in [-0.2, -0.15) is 0 Å². The second-order valence-corrected chi connectivity index (χ2v) is 6.10. The highest BCUT2D eigenvalue weighted by atomic mass is 16.5. The van der Waals surface area contributed by atoms with Crippen LogP contribution in [0.5, 0.6) is 11.5 Å². The number of aromatic nitrogens is 1. The van der Waals surface area contributed by atoms with Crippen molar-refractivity contribution in [3.8, 4) is 11.5 Å². The number of nitrogens with one attached hydrogen (secondary N) is 1. The molecule has 1 unspecified atom stereocenters. The van der Waals surface area contributed by atoms with Gasteiger partial charge in [-0.25, -0.2) is 0 Å². The zero-order valence-electron chi connectivity index (χ0n) is 14.1. The molecular weight excluding hydrogens is 324 g/mol. The van der Waals surface area contributed by atoms with Crippen LogP contribution in [-0.2, 0) is 0 Å². The number of pyridine rings is 1. The maximum atomic E-state index is 12.5. The lowest BCUT2D eigenvalue weighted by Gasteiger charge is -2.16. The van der Waals surface area contributed by atoms with Crippen molar-refractivity contribution in [3.05, 3.63) is 89.1 Å². The Kier molecular flexibility index (Phi) is 4.48. The van der Waals surface area contributed by atoms with Gasteiger partial charge in [0.05, 0.1) is 11.4 Å². The number of amides is 1. The second kappa shape index (κ2) is 7.23. The van der Waals surface area contributed by atoms with Gasteiger partial charge in [-0.15, -0.1) is 0 Å². The number of carbonyl (C=O) groups excluding carboxylic acids is 1. The highest BCUT2D eigenvalue weighted by Crippen LogP contribution is 2.21. The molecule has 1 N–H and O–H groups in total. The zero-order chi connectivity index (χ0) is 17.8. The first kappa shape index (κ1) is 16.1. The highest BCUT2D eigenvalue weighted by molar-refractivity contribution is 5.95. The van der Waals surface area contributed by atoms with E-state index in [-0.39, 0.29) is 11.9 Å². The number of rotatable bonds is 4. The summed E-state index contributed by atoms with van der Waals surface area (Å²) in [6.07, 6.45) is 6.63. The maximum Gasteiger partial charge on any atom is 0.251 e. The molecule has 0 spiro atoms. The third kappa shape index (κ3) is 3.64. The molecule has 0 bridgehead atoms. The van der Waals surface area contributed by atoms with Crippen LogP contribution in [0.3, 0.4) is 0 Å². The van der Waals surface area contributed by atoms with E-state index < -0.39 is 0 Å². The van der Waals surface area contributed by atoms with Crippen LogP contribution in [0.25, 0.3) is 12.2 Å². The molecule has 1 aliphatic carbocycles. The van der Waals surface area contributed by atoms with Crippen LogP contribution < -0.4 is 20.6 Å². The van der Waals surface area contributed by atoms with Crippen molar-refractivity contribution in [1.29, 1.82) is 0 Å². The minimum atomic E-state index is -0.106. The summed E-state index contributed by atoms with van der Waals surface area (Å²) in [5.41, 5.74) is 0.602. The van der Waals surface area contributed by atoms with E-state index in [1.165, 1.54) is 0 Å². The lowest BCUT2D eigenvalue weighted by atomic mass is 10.1. The molecule has 1 amide bonds. The predicted molar refractivity (Wildman–Crippen MR) is 101 cm³/mol. The number of para-hydroxylation sites is 1. The van der Waals surface area contributed by atoms with Crippen LogP contribution in [0, 0.1) is 0 Å². The molecule has 0 saturated heterocycles. The summed E-state index contributed by atoms with van der Waals surface area (Å²) in [6.45, 7) is 0. The van der Waals surface area contributed by atoms with Gasteiger partial charge in [0.25, 0.3) is 5.91 Å². The van der Waals surface area contributed by atoms with Gasteiger partial charge in [0.1, 0.15) is 11.5 Å². The Hall–Kier alpha value is -3.40. The van der Waals surface area contributed by atoms with Gasteiger partial charge in [-0.3, -0.25) is 9.78 Å². The van der Waals surface area contributed by atoms with Gasteiger partial charge in [0.15, 0.2) is 0 Å². The third-order valence-corrected chi connectivity index (χ3v) is 4.23. The first-order valence-corrected chi connectivity index (χ1v) is 8.55. The SMILES string of the molecule is O=C(NC1C=c2ncccc2=CC1)c1ccc(Oc2ccccc2)cc1. The summed E-state index contributed by atoms with van der Waals surface area (Å²) in [5, 5.41) is 5.06. The Balaban J connectivity index is 1.43. The third-order valence-electron chi connectivity index (χ3n) is 4.23. The smallest absolute Gasteiger partial charge is 0.251 e. The molecule has 26 heavy (non-hydrogen) atoms. The van der Waals surface area contributed by atoms with E-state index in [0.29, 0.717) is 11.3 Å². The molecule has 0 fully saturated rings. The second-order valence-electron chi connectivity index (χ2n) is 6.10. The number of benzene rings is 2. The van der Waals surface area contributed by atoms with Crippen molar-refractivity contribution in [1.82, 2.24) is 10.3 Å². The van der Waals surface area contributed by atoms with Gasteiger partial charge in [0.2, 0.25) is 0 Å². The summed E-state index contributed by atoms with van der Waals surface area (Å²) in [7, 11) is 0. The van der Waals surface area contributed by atoms with E-state index in [4.69, 9.17) is 4.74 Å². The molecule has 1 heterocycles. The average molecular weight is 342 g/mol. The van der Waals surface area contributed by atoms with Crippen molar-refractivity contribution < 1.29 is 9.53 Å². The zero-order valence-corrected chi connectivity index (χ0v) is 14.1. The number of hydrogen-bond acceptors (Lipinski definition) is 3. The quantitative estimate of drug-likeness (QED) is 0.793. The topological polar surface area (TPSA) is 51.2 Å². The van der Waals surface area contributed by atoms with Gasteiger partial charge in [0, 0.05) is 11.8 Å². The standard InChI is InChI=1S/C22H18N2O2/c25-22(24-18-11-8-16-5-4-14-23-21(16)15-18)17-9-12-20(13-10-17)26-19-6-2-1-3-7-19/h1-10,12-15,18H,11H2,(H,24,25). The van der Waals surface area contributed by atoms with E-state index in [2.05, 4.69) is 16.4 Å². The molecular formula is C22H18N2O2. The molecule has 0 aliphatic heterocycles. The number of carbonyl (C=O) groups is 1. The first-order valence-electron chi connectivity index (χ1n) is 8.55. The number of ether oxygens (including phenoxy) is 1. The van der Waals surface area contributed by atoms with Crippen LogP contribution in [-0.4, -0.2) is 16.9 Å². The van der Waals surface area contributed by atoms with E-state index in [1.54, 1.807) is 30.5 Å². The van der Waals surface area contributed by atoms with E-state index in [1.807, 2.05) is 48.5 Å². The van der Waals surface area contributed by atoms with Crippen LogP contribution in [0.15, 0.2) is 72.9 Å². The fourth-order valence-electron chi connectivity index (χ4n) is 2.91. The highest BCUT2D eigenvalue weighted by Gasteiger charge is 2.13. The van der Waals surface area contributed by atoms with E-state index in [0.717, 1.165) is 22.7 Å².